The van der Waals surface area contributed by atoms with Crippen molar-refractivity contribution in [1.82, 2.24) is 0 Å². The second-order valence-electron chi connectivity index (χ2n) is 11.8. The number of hydrogen-bond acceptors (Lipinski definition) is 3. The van der Waals surface area contributed by atoms with Crippen molar-refractivity contribution in [3.8, 4) is 0 Å². The van der Waals surface area contributed by atoms with Crippen molar-refractivity contribution in [2.45, 2.75) is 174 Å². The van der Waals surface area contributed by atoms with E-state index in [1.165, 1.54) is 104 Å². The van der Waals surface area contributed by atoms with Crippen LogP contribution in [-0.2, 0) is 14.4 Å². The molecule has 0 bridgehead atoms. The molecule has 0 aromatic rings. The van der Waals surface area contributed by atoms with Crippen LogP contribution in [0.3, 0.4) is 0 Å². The molecule has 0 aliphatic heterocycles. The summed E-state index contributed by atoms with van der Waals surface area (Å²) in [4.78, 5) is 35.4. The first-order chi connectivity index (χ1) is 19.1. The Morgan fingerprint density at radius 2 is 0.775 bits per heavy atom. The van der Waals surface area contributed by atoms with Crippen LogP contribution in [0.1, 0.15) is 156 Å². The SMILES string of the molecule is CCCCCCCCCCCCCCC/C=C/CCCCCCC[N+](C(C)C(=O)O)(C(C)C(=O)O)C(C)C(=O)O. The van der Waals surface area contributed by atoms with E-state index in [1.807, 2.05) is 0 Å². The van der Waals surface area contributed by atoms with Crippen molar-refractivity contribution in [1.29, 1.82) is 0 Å². The Labute approximate surface area is 245 Å². The summed E-state index contributed by atoms with van der Waals surface area (Å²) in [7, 11) is 0. The van der Waals surface area contributed by atoms with Crippen LogP contribution in [0.4, 0.5) is 0 Å². The van der Waals surface area contributed by atoms with Crippen molar-refractivity contribution in [2.75, 3.05) is 6.54 Å². The van der Waals surface area contributed by atoms with Crippen LogP contribution in [0.15, 0.2) is 12.2 Å². The number of nitrogens with zero attached hydrogens (tertiary/aromatic N) is 1. The highest BCUT2D eigenvalue weighted by atomic mass is 16.4. The van der Waals surface area contributed by atoms with Crippen LogP contribution in [0, 0.1) is 0 Å². The molecule has 3 N–H and O–H groups in total. The molecule has 40 heavy (non-hydrogen) atoms. The van der Waals surface area contributed by atoms with Crippen molar-refractivity contribution < 1.29 is 34.2 Å². The predicted molar refractivity (Wildman–Crippen MR) is 164 cm³/mol. The molecule has 0 saturated heterocycles. The third kappa shape index (κ3) is 15.8. The van der Waals surface area contributed by atoms with Gasteiger partial charge in [0.25, 0.3) is 0 Å². The first-order valence-electron chi connectivity index (χ1n) is 16.3. The largest absolute Gasteiger partial charge is 0.477 e. The highest BCUT2D eigenvalue weighted by Gasteiger charge is 2.52. The lowest BCUT2D eigenvalue weighted by molar-refractivity contribution is -0.968. The molecule has 0 aliphatic carbocycles. The summed E-state index contributed by atoms with van der Waals surface area (Å²) < 4.78 is -0.484. The van der Waals surface area contributed by atoms with Gasteiger partial charge in [0.15, 0.2) is 18.1 Å². The molecule has 0 spiro atoms. The van der Waals surface area contributed by atoms with Crippen LogP contribution in [0.5, 0.6) is 0 Å². The highest BCUT2D eigenvalue weighted by molar-refractivity contribution is 5.77. The van der Waals surface area contributed by atoms with Gasteiger partial charge in [0, 0.05) is 0 Å². The number of rotatable bonds is 28. The van der Waals surface area contributed by atoms with E-state index >= 15 is 0 Å². The highest BCUT2D eigenvalue weighted by Crippen LogP contribution is 2.27. The first kappa shape index (κ1) is 38.1. The molecule has 0 radical (unpaired) electrons. The second-order valence-corrected chi connectivity index (χ2v) is 11.8. The van der Waals surface area contributed by atoms with Crippen LogP contribution in [0.25, 0.3) is 0 Å². The normalized spacial score (nSPS) is 15.5. The van der Waals surface area contributed by atoms with Gasteiger partial charge >= 0.3 is 17.9 Å². The molecule has 0 aliphatic rings. The topological polar surface area (TPSA) is 112 Å². The van der Waals surface area contributed by atoms with E-state index in [4.69, 9.17) is 0 Å². The number of carboxylic acids is 3. The van der Waals surface area contributed by atoms with Gasteiger partial charge in [0.05, 0.1) is 6.54 Å². The van der Waals surface area contributed by atoms with Gasteiger partial charge in [0.1, 0.15) is 0 Å². The minimum Gasteiger partial charge on any atom is -0.477 e. The average molecular weight is 569 g/mol. The molecular formula is C33H62NO6+. The molecule has 234 valence electrons. The Kier molecular flexibility index (Phi) is 22.7. The Hall–Kier alpha value is -1.89. The number of hydrogen-bond donors (Lipinski definition) is 3. The van der Waals surface area contributed by atoms with Gasteiger partial charge in [-0.05, 0) is 59.3 Å². The van der Waals surface area contributed by atoms with Gasteiger partial charge in [-0.25, -0.2) is 14.4 Å². The van der Waals surface area contributed by atoms with Gasteiger partial charge < -0.3 is 15.3 Å². The maximum absolute atomic E-state index is 11.8. The van der Waals surface area contributed by atoms with Crippen molar-refractivity contribution >= 4 is 17.9 Å². The Morgan fingerprint density at radius 3 is 1.07 bits per heavy atom. The summed E-state index contributed by atoms with van der Waals surface area (Å²) in [5.74, 6) is -3.52. The van der Waals surface area contributed by atoms with E-state index < -0.39 is 40.5 Å². The predicted octanol–water partition coefficient (Wildman–Crippen LogP) is 8.60. The molecular weight excluding hydrogens is 506 g/mol. The fourth-order valence-corrected chi connectivity index (χ4v) is 5.90. The molecule has 0 amide bonds. The monoisotopic (exact) mass is 568 g/mol. The summed E-state index contributed by atoms with van der Waals surface area (Å²) in [5, 5.41) is 28.9. The fraction of sp³-hybridized carbons (Fsp3) is 0.848. The van der Waals surface area contributed by atoms with Crippen molar-refractivity contribution in [3.63, 3.8) is 0 Å². The zero-order valence-electron chi connectivity index (χ0n) is 26.2. The Balaban J connectivity index is 4.02. The summed E-state index contributed by atoms with van der Waals surface area (Å²) >= 11 is 0. The van der Waals surface area contributed by atoms with E-state index in [0.29, 0.717) is 6.42 Å². The van der Waals surface area contributed by atoms with E-state index in [-0.39, 0.29) is 6.54 Å². The molecule has 0 aromatic carbocycles. The summed E-state index contributed by atoms with van der Waals surface area (Å²) in [5.41, 5.74) is 0. The zero-order valence-corrected chi connectivity index (χ0v) is 26.2. The molecule has 7 heteroatoms. The Bertz CT molecular complexity index is 657. The van der Waals surface area contributed by atoms with Gasteiger partial charge in [-0.15, -0.1) is 0 Å². The maximum Gasteiger partial charge on any atom is 0.362 e. The number of aliphatic carboxylic acids is 3. The van der Waals surface area contributed by atoms with Gasteiger partial charge in [-0.1, -0.05) is 109 Å². The van der Waals surface area contributed by atoms with Crippen LogP contribution in [-0.4, -0.2) is 62.4 Å². The summed E-state index contributed by atoms with van der Waals surface area (Å²) in [6.45, 7) is 6.75. The van der Waals surface area contributed by atoms with Crippen LogP contribution >= 0.6 is 0 Å². The first-order valence-corrected chi connectivity index (χ1v) is 16.3. The molecule has 3 atom stereocenters. The third-order valence-electron chi connectivity index (χ3n) is 8.79. The van der Waals surface area contributed by atoms with Crippen LogP contribution in [0.2, 0.25) is 0 Å². The molecule has 0 saturated carbocycles. The standard InChI is InChI=1S/C33H61NO6/c1-5-6-7-8-9-10-11-12-13-14-15-16-17-18-19-20-21-22-23-24-25-26-27-34(28(2)31(35)36,29(3)32(37)38)30(4)33(39)40/h19-20,28-30H,5-18,21-27H2,1-4H3,(H2-,35,36,37,38,39,40)/p+1/b20-19+. The fourth-order valence-electron chi connectivity index (χ4n) is 5.90. The van der Waals surface area contributed by atoms with E-state index in [0.717, 1.165) is 38.5 Å². The zero-order chi connectivity index (χ0) is 30.2. The summed E-state index contributed by atoms with van der Waals surface area (Å²) in [6.07, 6.45) is 29.2. The molecule has 7 nitrogen and oxygen atoms in total. The molecule has 0 fully saturated rings. The van der Waals surface area contributed by atoms with Crippen LogP contribution < -0.4 is 0 Å². The number of quaternary nitrogens is 1. The molecule has 0 rings (SSSR count). The molecule has 0 aromatic heterocycles. The maximum atomic E-state index is 11.8. The molecule has 3 unspecified atom stereocenters. The number of allylic oxidation sites excluding steroid dienone is 2. The lowest BCUT2D eigenvalue weighted by Crippen LogP contribution is -2.70. The second kappa shape index (κ2) is 23.8. The number of carbonyl (C=O) groups is 3. The van der Waals surface area contributed by atoms with E-state index in [9.17, 15) is 29.7 Å². The summed E-state index contributed by atoms with van der Waals surface area (Å²) in [6, 6.07) is -3.38. The van der Waals surface area contributed by atoms with Gasteiger partial charge in [-0.2, -0.15) is 0 Å². The van der Waals surface area contributed by atoms with Gasteiger partial charge in [-0.3, -0.25) is 4.48 Å². The smallest absolute Gasteiger partial charge is 0.362 e. The van der Waals surface area contributed by atoms with Crippen molar-refractivity contribution in [3.05, 3.63) is 12.2 Å². The minimum absolute atomic E-state index is 0.216. The quantitative estimate of drug-likeness (QED) is 0.0495. The Morgan fingerprint density at radius 1 is 0.500 bits per heavy atom. The lowest BCUT2D eigenvalue weighted by Gasteiger charge is -2.47. The van der Waals surface area contributed by atoms with E-state index in [2.05, 4.69) is 19.1 Å². The average Bonchev–Trinajstić information content (AvgIpc) is 2.92. The third-order valence-corrected chi connectivity index (χ3v) is 8.79. The van der Waals surface area contributed by atoms with Crippen molar-refractivity contribution in [2.24, 2.45) is 0 Å². The number of carboxylic acid groups (broad SMARTS) is 3. The minimum atomic E-state index is -1.17. The van der Waals surface area contributed by atoms with E-state index in [1.54, 1.807) is 0 Å². The van der Waals surface area contributed by atoms with Gasteiger partial charge in [0.2, 0.25) is 0 Å². The number of unbranched alkanes of at least 4 members (excludes halogenated alkanes) is 18. The lowest BCUT2D eigenvalue weighted by atomic mass is 10.00. The molecule has 0 heterocycles.